The zero-order valence-electron chi connectivity index (χ0n) is 15.9. The lowest BCUT2D eigenvalue weighted by molar-refractivity contribution is -0.138. The van der Waals surface area contributed by atoms with Crippen LogP contribution in [0.15, 0.2) is 54.6 Å². The van der Waals surface area contributed by atoms with Crippen molar-refractivity contribution < 1.29 is 23.1 Å². The highest BCUT2D eigenvalue weighted by atomic mass is 31.2. The highest BCUT2D eigenvalue weighted by Crippen LogP contribution is 2.48. The Labute approximate surface area is 160 Å². The summed E-state index contributed by atoms with van der Waals surface area (Å²) in [5.41, 5.74) is 2.30. The van der Waals surface area contributed by atoms with Gasteiger partial charge in [-0.05, 0) is 43.5 Å². The highest BCUT2D eigenvalue weighted by molar-refractivity contribution is 7.62. The normalized spacial score (nSPS) is 11.7. The maximum absolute atomic E-state index is 13.2. The Morgan fingerprint density at radius 1 is 1.00 bits per heavy atom. The average Bonchev–Trinajstić information content (AvgIpc) is 2.65. The molecular weight excluding hydrogens is 363 g/mol. The van der Waals surface area contributed by atoms with Crippen LogP contribution >= 0.6 is 7.60 Å². The molecule has 0 N–H and O–H groups in total. The number of carbonyl (C=O) groups excluding carboxylic acids is 1. The molecule has 0 bridgehead atoms. The summed E-state index contributed by atoms with van der Waals surface area (Å²) < 4.78 is 29.4. The fraction of sp³-hybridized carbons (Fsp3) is 0.286. The molecule has 0 heterocycles. The summed E-state index contributed by atoms with van der Waals surface area (Å²) in [6, 6.07) is 14.9. The van der Waals surface area contributed by atoms with Crippen molar-refractivity contribution in [2.75, 3.05) is 13.2 Å². The van der Waals surface area contributed by atoms with Gasteiger partial charge < -0.3 is 13.8 Å². The predicted molar refractivity (Wildman–Crippen MR) is 107 cm³/mol. The van der Waals surface area contributed by atoms with Gasteiger partial charge in [-0.3, -0.25) is 4.57 Å². The van der Waals surface area contributed by atoms with E-state index in [2.05, 4.69) is 0 Å². The zero-order chi connectivity index (χ0) is 19.7. The molecule has 5 nitrogen and oxygen atoms in total. The first-order valence-corrected chi connectivity index (χ1v) is 10.4. The van der Waals surface area contributed by atoms with Gasteiger partial charge in [-0.2, -0.15) is 0 Å². The molecule has 0 aliphatic carbocycles. The Balaban J connectivity index is 2.20. The molecule has 0 amide bonds. The minimum Gasteiger partial charge on any atom is -0.458 e. The van der Waals surface area contributed by atoms with E-state index in [1.807, 2.05) is 49.4 Å². The van der Waals surface area contributed by atoms with E-state index in [1.54, 1.807) is 26.0 Å². The standard InChI is InChI=1S/C21H25O5P/c1-4-25-27(23,26-5-2)21-17(3)10-9-13-19(21)14-15-20(22)24-16-18-11-7-6-8-12-18/h6-15H,4-5,16H2,1-3H3/b15-14+. The summed E-state index contributed by atoms with van der Waals surface area (Å²) in [5.74, 6) is -0.478. The van der Waals surface area contributed by atoms with Crippen molar-refractivity contribution in [3.63, 3.8) is 0 Å². The monoisotopic (exact) mass is 388 g/mol. The third-order valence-electron chi connectivity index (χ3n) is 3.76. The summed E-state index contributed by atoms with van der Waals surface area (Å²) in [6.07, 6.45) is 2.91. The quantitative estimate of drug-likeness (QED) is 0.356. The van der Waals surface area contributed by atoms with Crippen LogP contribution in [0.25, 0.3) is 6.08 Å². The van der Waals surface area contributed by atoms with Crippen molar-refractivity contribution in [1.29, 1.82) is 0 Å². The predicted octanol–water partition coefficient (Wildman–Crippen LogP) is 4.64. The molecule has 27 heavy (non-hydrogen) atoms. The molecule has 0 aliphatic heterocycles. The molecule has 0 saturated heterocycles. The van der Waals surface area contributed by atoms with Gasteiger partial charge in [0.15, 0.2) is 0 Å². The van der Waals surface area contributed by atoms with E-state index >= 15 is 0 Å². The SMILES string of the molecule is CCOP(=O)(OCC)c1c(C)cccc1/C=C/C(=O)OCc1ccccc1. The first-order chi connectivity index (χ1) is 13.0. The number of carbonyl (C=O) groups is 1. The Morgan fingerprint density at radius 2 is 1.67 bits per heavy atom. The molecule has 2 rings (SSSR count). The lowest BCUT2D eigenvalue weighted by Gasteiger charge is -2.21. The first kappa shape index (κ1) is 21.1. The fourth-order valence-electron chi connectivity index (χ4n) is 2.63. The van der Waals surface area contributed by atoms with Gasteiger partial charge in [-0.25, -0.2) is 4.79 Å². The topological polar surface area (TPSA) is 61.8 Å². The van der Waals surface area contributed by atoms with Crippen molar-refractivity contribution >= 4 is 24.9 Å². The fourth-order valence-corrected chi connectivity index (χ4v) is 4.62. The lowest BCUT2D eigenvalue weighted by atomic mass is 10.1. The first-order valence-electron chi connectivity index (χ1n) is 8.88. The van der Waals surface area contributed by atoms with Crippen LogP contribution in [-0.2, 0) is 29.8 Å². The number of hydrogen-bond donors (Lipinski definition) is 0. The number of ether oxygens (including phenoxy) is 1. The van der Waals surface area contributed by atoms with Crippen molar-refractivity contribution in [2.45, 2.75) is 27.4 Å². The molecule has 0 atom stereocenters. The minimum atomic E-state index is -3.47. The van der Waals surface area contributed by atoms with E-state index < -0.39 is 13.6 Å². The number of rotatable bonds is 9. The van der Waals surface area contributed by atoms with E-state index in [4.69, 9.17) is 13.8 Å². The van der Waals surface area contributed by atoms with Crippen LogP contribution < -0.4 is 5.30 Å². The van der Waals surface area contributed by atoms with Crippen molar-refractivity contribution in [3.8, 4) is 0 Å². The number of hydrogen-bond acceptors (Lipinski definition) is 5. The largest absolute Gasteiger partial charge is 0.458 e. The maximum Gasteiger partial charge on any atom is 0.362 e. The van der Waals surface area contributed by atoms with Gasteiger partial charge in [0, 0.05) is 6.08 Å². The molecule has 144 valence electrons. The summed E-state index contributed by atoms with van der Waals surface area (Å²) in [4.78, 5) is 12.0. The lowest BCUT2D eigenvalue weighted by Crippen LogP contribution is -2.17. The number of esters is 1. The van der Waals surface area contributed by atoms with Crippen LogP contribution in [0.5, 0.6) is 0 Å². The molecule has 0 saturated carbocycles. The summed E-state index contributed by atoms with van der Waals surface area (Å²) in [5, 5.41) is 0.473. The summed E-state index contributed by atoms with van der Waals surface area (Å²) >= 11 is 0. The van der Waals surface area contributed by atoms with E-state index in [1.165, 1.54) is 6.08 Å². The molecule has 2 aromatic rings. The van der Waals surface area contributed by atoms with Crippen molar-refractivity contribution in [2.24, 2.45) is 0 Å². The third-order valence-corrected chi connectivity index (χ3v) is 6.12. The zero-order valence-corrected chi connectivity index (χ0v) is 16.8. The number of aryl methyl sites for hydroxylation is 1. The molecule has 0 radical (unpaired) electrons. The Kier molecular flexibility index (Phi) is 7.99. The second-order valence-corrected chi connectivity index (χ2v) is 7.73. The Morgan fingerprint density at radius 3 is 2.30 bits per heavy atom. The summed E-state index contributed by atoms with van der Waals surface area (Å²) in [7, 11) is -3.47. The molecule has 0 aromatic heterocycles. The van der Waals surface area contributed by atoms with Crippen LogP contribution in [0.3, 0.4) is 0 Å². The molecule has 0 fully saturated rings. The van der Waals surface area contributed by atoms with E-state index in [-0.39, 0.29) is 19.8 Å². The smallest absolute Gasteiger partial charge is 0.362 e. The van der Waals surface area contributed by atoms with Gasteiger partial charge in [0.2, 0.25) is 0 Å². The van der Waals surface area contributed by atoms with E-state index in [0.29, 0.717) is 10.9 Å². The molecular formula is C21H25O5P. The molecule has 0 spiro atoms. The van der Waals surface area contributed by atoms with Gasteiger partial charge >= 0.3 is 13.6 Å². The average molecular weight is 388 g/mol. The molecule has 0 aliphatic rings. The summed E-state index contributed by atoms with van der Waals surface area (Å²) in [6.45, 7) is 6.08. The third kappa shape index (κ3) is 5.90. The second-order valence-electron chi connectivity index (χ2n) is 5.77. The Bertz CT molecular complexity index is 820. The minimum absolute atomic E-state index is 0.196. The maximum atomic E-state index is 13.2. The van der Waals surface area contributed by atoms with Gasteiger partial charge in [0.1, 0.15) is 6.61 Å². The molecule has 6 heteroatoms. The van der Waals surface area contributed by atoms with E-state index in [9.17, 15) is 9.36 Å². The van der Waals surface area contributed by atoms with Gasteiger partial charge in [-0.1, -0.05) is 48.5 Å². The van der Waals surface area contributed by atoms with Crippen molar-refractivity contribution in [1.82, 2.24) is 0 Å². The second kappa shape index (κ2) is 10.2. The van der Waals surface area contributed by atoms with Crippen LogP contribution in [-0.4, -0.2) is 19.2 Å². The van der Waals surface area contributed by atoms with Crippen LogP contribution in [0.4, 0.5) is 0 Å². The van der Waals surface area contributed by atoms with Gasteiger partial charge in [0.05, 0.1) is 18.5 Å². The van der Waals surface area contributed by atoms with Gasteiger partial charge in [-0.15, -0.1) is 0 Å². The van der Waals surface area contributed by atoms with Crippen LogP contribution in [0.1, 0.15) is 30.5 Å². The van der Waals surface area contributed by atoms with Crippen LogP contribution in [0.2, 0.25) is 0 Å². The number of benzene rings is 2. The van der Waals surface area contributed by atoms with Crippen LogP contribution in [0, 0.1) is 6.92 Å². The Hall–Kier alpha value is -2.20. The van der Waals surface area contributed by atoms with Gasteiger partial charge in [0.25, 0.3) is 0 Å². The molecule has 0 unspecified atom stereocenters. The molecule has 2 aromatic carbocycles. The highest BCUT2D eigenvalue weighted by Gasteiger charge is 2.30. The van der Waals surface area contributed by atoms with Crippen molar-refractivity contribution in [3.05, 3.63) is 71.3 Å². The van der Waals surface area contributed by atoms with E-state index in [0.717, 1.165) is 11.1 Å².